The van der Waals surface area contributed by atoms with Crippen molar-refractivity contribution < 1.29 is 9.59 Å². The van der Waals surface area contributed by atoms with E-state index in [1.807, 2.05) is 6.07 Å². The molecule has 0 radical (unpaired) electrons. The van der Waals surface area contributed by atoms with Gasteiger partial charge in [-0.15, -0.1) is 10.2 Å². The molecule has 2 heterocycles. The highest BCUT2D eigenvalue weighted by atomic mass is 35.5. The molecule has 1 aliphatic heterocycles. The number of aromatic nitrogens is 4. The summed E-state index contributed by atoms with van der Waals surface area (Å²) in [6, 6.07) is 14.2. The lowest BCUT2D eigenvalue weighted by atomic mass is 10.2. The van der Waals surface area contributed by atoms with Crippen LogP contribution >= 0.6 is 11.6 Å². The van der Waals surface area contributed by atoms with Gasteiger partial charge in [0.25, 0.3) is 5.91 Å². The van der Waals surface area contributed by atoms with E-state index in [0.29, 0.717) is 27.8 Å². The van der Waals surface area contributed by atoms with Gasteiger partial charge in [-0.25, -0.2) is 0 Å². The summed E-state index contributed by atoms with van der Waals surface area (Å²) in [6.45, 7) is -0.193. The number of nitrogens with one attached hydrogen (secondary N) is 1. The summed E-state index contributed by atoms with van der Waals surface area (Å²) in [5.41, 5.74) is 1.87. The van der Waals surface area contributed by atoms with Crippen LogP contribution in [-0.2, 0) is 16.1 Å². The molecule has 0 aliphatic carbocycles. The lowest BCUT2D eigenvalue weighted by Crippen LogP contribution is -2.43. The summed E-state index contributed by atoms with van der Waals surface area (Å²) in [4.78, 5) is 27.1. The van der Waals surface area contributed by atoms with Crippen LogP contribution in [-0.4, -0.2) is 38.6 Å². The minimum atomic E-state index is -0.310. The van der Waals surface area contributed by atoms with E-state index in [4.69, 9.17) is 11.6 Å². The van der Waals surface area contributed by atoms with Gasteiger partial charge in [0.1, 0.15) is 13.1 Å². The number of fused-ring (bicyclic) bond motifs is 1. The van der Waals surface area contributed by atoms with Gasteiger partial charge in [0, 0.05) is 5.56 Å². The van der Waals surface area contributed by atoms with Crippen LogP contribution in [0.15, 0.2) is 48.5 Å². The predicted molar refractivity (Wildman–Crippen MR) is 95.7 cm³/mol. The van der Waals surface area contributed by atoms with Gasteiger partial charge < -0.3 is 5.32 Å². The van der Waals surface area contributed by atoms with E-state index in [9.17, 15) is 9.59 Å². The predicted octanol–water partition coefficient (Wildman–Crippen LogP) is 1.98. The first-order chi connectivity index (χ1) is 12.6. The van der Waals surface area contributed by atoms with E-state index < -0.39 is 0 Å². The van der Waals surface area contributed by atoms with Crippen molar-refractivity contribution >= 4 is 34.8 Å². The number of tetrazole rings is 1. The zero-order valence-electron chi connectivity index (χ0n) is 13.5. The van der Waals surface area contributed by atoms with Crippen molar-refractivity contribution in [3.63, 3.8) is 0 Å². The lowest BCUT2D eigenvalue weighted by molar-refractivity contribution is -0.122. The van der Waals surface area contributed by atoms with E-state index >= 15 is 0 Å². The van der Waals surface area contributed by atoms with E-state index in [0.717, 1.165) is 0 Å². The molecule has 0 fully saturated rings. The topological polar surface area (TPSA) is 93.0 Å². The molecule has 0 saturated heterocycles. The molecule has 3 aromatic rings. The molecule has 4 rings (SSSR count). The Morgan fingerprint density at radius 2 is 1.92 bits per heavy atom. The Hall–Kier alpha value is -3.26. The maximum Gasteiger partial charge on any atom is 0.251 e. The molecule has 0 saturated carbocycles. The van der Waals surface area contributed by atoms with Crippen molar-refractivity contribution in [2.75, 3.05) is 16.8 Å². The van der Waals surface area contributed by atoms with Crippen molar-refractivity contribution in [1.82, 2.24) is 20.2 Å². The molecule has 0 bridgehead atoms. The number of hydrogen-bond donors (Lipinski definition) is 1. The summed E-state index contributed by atoms with van der Waals surface area (Å²) in [5, 5.41) is 15.3. The molecule has 1 aromatic heterocycles. The van der Waals surface area contributed by atoms with E-state index in [1.165, 1.54) is 9.70 Å². The molecule has 1 N–H and O–H groups in total. The second-order valence-corrected chi connectivity index (χ2v) is 6.08. The second kappa shape index (κ2) is 6.57. The molecule has 2 aromatic carbocycles. The number of halogens is 1. The third-order valence-corrected chi connectivity index (χ3v) is 4.25. The first kappa shape index (κ1) is 16.2. The van der Waals surface area contributed by atoms with Gasteiger partial charge in [0.05, 0.1) is 16.4 Å². The number of nitrogens with zero attached hydrogens (tertiary/aromatic N) is 5. The summed E-state index contributed by atoms with van der Waals surface area (Å²) in [6.07, 6.45) is 0. The average molecular weight is 369 g/mol. The molecule has 2 amide bonds. The number of amides is 2. The fourth-order valence-corrected chi connectivity index (χ4v) is 2.94. The Balaban J connectivity index is 1.56. The Kier molecular flexibility index (Phi) is 4.10. The van der Waals surface area contributed by atoms with Crippen LogP contribution in [0.25, 0.3) is 11.4 Å². The zero-order chi connectivity index (χ0) is 18.1. The summed E-state index contributed by atoms with van der Waals surface area (Å²) in [7, 11) is 0. The standard InChI is InChI=1S/C17H13ClN6O2/c18-12-6-2-1-5-11(12)17-20-22-24(21-17)10-16(26)23-9-15(25)19-13-7-3-4-8-14(13)23/h1-8H,9-10H2,(H,19,25). The van der Waals surface area contributed by atoms with E-state index in [2.05, 4.69) is 20.7 Å². The molecular formula is C17H13ClN6O2. The first-order valence-corrected chi connectivity index (χ1v) is 8.21. The Bertz CT molecular complexity index is 1000. The minimum absolute atomic E-state index is 0.0537. The SMILES string of the molecule is O=C1CN(C(=O)Cn2nnc(-c3ccccc3Cl)n2)c2ccccc2N1. The number of anilines is 2. The van der Waals surface area contributed by atoms with Crippen LogP contribution in [0.1, 0.15) is 0 Å². The fourth-order valence-electron chi connectivity index (χ4n) is 2.72. The quantitative estimate of drug-likeness (QED) is 0.763. The van der Waals surface area contributed by atoms with Gasteiger partial charge in [-0.05, 0) is 29.5 Å². The monoisotopic (exact) mass is 368 g/mol. The highest BCUT2D eigenvalue weighted by molar-refractivity contribution is 6.33. The van der Waals surface area contributed by atoms with Crippen molar-refractivity contribution in [2.24, 2.45) is 0 Å². The number of rotatable bonds is 3. The highest BCUT2D eigenvalue weighted by Gasteiger charge is 2.27. The van der Waals surface area contributed by atoms with Gasteiger partial charge >= 0.3 is 0 Å². The molecule has 0 spiro atoms. The minimum Gasteiger partial charge on any atom is -0.323 e. The number of hydrogen-bond acceptors (Lipinski definition) is 5. The Morgan fingerprint density at radius 1 is 1.15 bits per heavy atom. The van der Waals surface area contributed by atoms with Crippen LogP contribution in [0, 0.1) is 0 Å². The number of carbonyl (C=O) groups excluding carboxylic acids is 2. The molecular weight excluding hydrogens is 356 g/mol. The molecule has 9 heteroatoms. The van der Waals surface area contributed by atoms with Crippen molar-refractivity contribution in [1.29, 1.82) is 0 Å². The second-order valence-electron chi connectivity index (χ2n) is 5.67. The molecule has 0 unspecified atom stereocenters. The average Bonchev–Trinajstić information content (AvgIpc) is 3.09. The third-order valence-electron chi connectivity index (χ3n) is 3.92. The van der Waals surface area contributed by atoms with Crippen molar-refractivity contribution in [3.8, 4) is 11.4 Å². The number of para-hydroxylation sites is 2. The van der Waals surface area contributed by atoms with Gasteiger partial charge in [0.2, 0.25) is 11.7 Å². The molecule has 8 nitrogen and oxygen atoms in total. The first-order valence-electron chi connectivity index (χ1n) is 7.84. The maximum absolute atomic E-state index is 12.7. The normalized spacial score (nSPS) is 13.3. The van der Waals surface area contributed by atoms with Gasteiger partial charge in [-0.3, -0.25) is 14.5 Å². The summed E-state index contributed by atoms with van der Waals surface area (Å²) < 4.78 is 0. The Labute approximate surface area is 153 Å². The van der Waals surface area contributed by atoms with Crippen molar-refractivity contribution in [3.05, 3.63) is 53.6 Å². The van der Waals surface area contributed by atoms with Gasteiger partial charge in [-0.1, -0.05) is 35.9 Å². The number of carbonyl (C=O) groups is 2. The van der Waals surface area contributed by atoms with Crippen LogP contribution in [0.2, 0.25) is 5.02 Å². The maximum atomic E-state index is 12.7. The molecule has 26 heavy (non-hydrogen) atoms. The summed E-state index contributed by atoms with van der Waals surface area (Å²) in [5.74, 6) is -0.226. The smallest absolute Gasteiger partial charge is 0.251 e. The van der Waals surface area contributed by atoms with Gasteiger partial charge in [-0.2, -0.15) is 4.80 Å². The molecule has 1 aliphatic rings. The van der Waals surface area contributed by atoms with Crippen LogP contribution in [0.5, 0.6) is 0 Å². The van der Waals surface area contributed by atoms with Crippen LogP contribution < -0.4 is 10.2 Å². The van der Waals surface area contributed by atoms with E-state index in [1.54, 1.807) is 42.5 Å². The Morgan fingerprint density at radius 3 is 2.77 bits per heavy atom. The number of benzene rings is 2. The zero-order valence-corrected chi connectivity index (χ0v) is 14.2. The largest absolute Gasteiger partial charge is 0.323 e. The molecule has 130 valence electrons. The summed E-state index contributed by atoms with van der Waals surface area (Å²) >= 11 is 6.13. The lowest BCUT2D eigenvalue weighted by Gasteiger charge is -2.28. The fraction of sp³-hybridized carbons (Fsp3) is 0.118. The third kappa shape index (κ3) is 3.02. The molecule has 0 atom stereocenters. The van der Waals surface area contributed by atoms with Crippen LogP contribution in [0.4, 0.5) is 11.4 Å². The van der Waals surface area contributed by atoms with E-state index in [-0.39, 0.29) is 24.9 Å². The van der Waals surface area contributed by atoms with Gasteiger partial charge in [0.15, 0.2) is 0 Å². The highest BCUT2D eigenvalue weighted by Crippen LogP contribution is 2.29. The van der Waals surface area contributed by atoms with Crippen LogP contribution in [0.3, 0.4) is 0 Å². The van der Waals surface area contributed by atoms with Crippen molar-refractivity contribution in [2.45, 2.75) is 6.54 Å².